The summed E-state index contributed by atoms with van der Waals surface area (Å²) in [6, 6.07) is 12.2. The summed E-state index contributed by atoms with van der Waals surface area (Å²) in [5.74, 6) is -6.50. The second-order valence-electron chi connectivity index (χ2n) is 7.08. The van der Waals surface area contributed by atoms with Gasteiger partial charge in [0.1, 0.15) is 0 Å². The van der Waals surface area contributed by atoms with E-state index in [4.69, 9.17) is 5.11 Å². The maximum Gasteiger partial charge on any atom is 0.307 e. The van der Waals surface area contributed by atoms with Gasteiger partial charge in [0.05, 0.1) is 17.5 Å². The first kappa shape index (κ1) is 22.6. The van der Waals surface area contributed by atoms with E-state index < -0.39 is 55.4 Å². The van der Waals surface area contributed by atoms with Crippen molar-refractivity contribution < 1.29 is 39.2 Å². The topological polar surface area (TPSA) is 149 Å². The molecule has 0 amide bonds. The van der Waals surface area contributed by atoms with E-state index in [0.717, 1.165) is 10.8 Å². The molecule has 0 bridgehead atoms. The Hall–Kier alpha value is -2.70. The fourth-order valence-electron chi connectivity index (χ4n) is 3.42. The average molecular weight is 422 g/mol. The molecule has 0 saturated heterocycles. The molecule has 2 aromatic rings. The molecule has 2 rings (SSSR count). The zero-order chi connectivity index (χ0) is 21.8. The lowest BCUT2D eigenvalue weighted by molar-refractivity contribution is -0.142. The highest BCUT2D eigenvalue weighted by atomic mass is 31.2. The van der Waals surface area contributed by atoms with Crippen molar-refractivity contribution in [3.05, 3.63) is 48.0 Å². The summed E-state index contributed by atoms with van der Waals surface area (Å²) in [6.07, 6.45) is -1.49. The summed E-state index contributed by atoms with van der Waals surface area (Å²) in [5.41, 5.74) is -0.997. The van der Waals surface area contributed by atoms with Crippen molar-refractivity contribution >= 4 is 36.0 Å². The SMILES string of the molecule is CC(C(=O)O)C(c1ccc2ccccc2c1)P(=O)(O)CC(CCC(=O)O)C(=O)O. The van der Waals surface area contributed by atoms with Crippen LogP contribution in [-0.2, 0) is 18.9 Å². The molecule has 156 valence electrons. The maximum absolute atomic E-state index is 13.2. The van der Waals surface area contributed by atoms with Crippen molar-refractivity contribution in [1.29, 1.82) is 0 Å². The monoisotopic (exact) mass is 422 g/mol. The summed E-state index contributed by atoms with van der Waals surface area (Å²) in [5, 5.41) is 29.3. The number of rotatable bonds is 10. The van der Waals surface area contributed by atoms with E-state index in [0.29, 0.717) is 5.56 Å². The van der Waals surface area contributed by atoms with Gasteiger partial charge in [-0.3, -0.25) is 18.9 Å². The molecule has 8 nitrogen and oxygen atoms in total. The van der Waals surface area contributed by atoms with E-state index in [2.05, 4.69) is 0 Å². The van der Waals surface area contributed by atoms with Crippen molar-refractivity contribution in [2.45, 2.75) is 25.4 Å². The van der Waals surface area contributed by atoms with Gasteiger partial charge in [0.15, 0.2) is 0 Å². The average Bonchev–Trinajstić information content (AvgIpc) is 2.64. The van der Waals surface area contributed by atoms with Gasteiger partial charge < -0.3 is 20.2 Å². The Morgan fingerprint density at radius 2 is 1.59 bits per heavy atom. The van der Waals surface area contributed by atoms with Gasteiger partial charge in [0, 0.05) is 12.6 Å². The van der Waals surface area contributed by atoms with E-state index >= 15 is 0 Å². The van der Waals surface area contributed by atoms with Crippen LogP contribution in [0.3, 0.4) is 0 Å². The first-order chi connectivity index (χ1) is 13.5. The third-order valence-corrected chi connectivity index (χ3v) is 7.53. The standard InChI is InChI=1S/C20H23O8P/c1-12(19(23)24)18(15-7-6-13-4-2-3-5-14(13)10-15)29(27,28)11-16(20(25)26)8-9-17(21)22/h2-7,10,12,16,18H,8-9,11H2,1H3,(H,21,22)(H,23,24)(H,25,26)(H,27,28). The van der Waals surface area contributed by atoms with Crippen LogP contribution in [0.5, 0.6) is 0 Å². The molecule has 4 N–H and O–H groups in total. The number of hydrogen-bond donors (Lipinski definition) is 4. The highest BCUT2D eigenvalue weighted by Gasteiger charge is 2.42. The van der Waals surface area contributed by atoms with Crippen molar-refractivity contribution in [3.63, 3.8) is 0 Å². The van der Waals surface area contributed by atoms with Crippen LogP contribution >= 0.6 is 7.37 Å². The molecule has 0 spiro atoms. The summed E-state index contributed by atoms with van der Waals surface area (Å²) < 4.78 is 13.2. The minimum Gasteiger partial charge on any atom is -0.481 e. The Balaban J connectivity index is 2.45. The number of carbonyl (C=O) groups is 3. The van der Waals surface area contributed by atoms with Gasteiger partial charge in [-0.1, -0.05) is 49.4 Å². The lowest BCUT2D eigenvalue weighted by atomic mass is 9.98. The van der Waals surface area contributed by atoms with Crippen molar-refractivity contribution in [1.82, 2.24) is 0 Å². The van der Waals surface area contributed by atoms with Crippen LogP contribution in [0.2, 0.25) is 0 Å². The summed E-state index contributed by atoms with van der Waals surface area (Å²) in [4.78, 5) is 44.7. The Morgan fingerprint density at radius 1 is 0.966 bits per heavy atom. The molecular weight excluding hydrogens is 399 g/mol. The van der Waals surface area contributed by atoms with Crippen LogP contribution in [0, 0.1) is 11.8 Å². The smallest absolute Gasteiger partial charge is 0.307 e. The first-order valence-corrected chi connectivity index (χ1v) is 10.9. The van der Waals surface area contributed by atoms with Crippen LogP contribution in [0.15, 0.2) is 42.5 Å². The highest BCUT2D eigenvalue weighted by Crippen LogP contribution is 2.60. The predicted octanol–water partition coefficient (Wildman–Crippen LogP) is 3.44. The number of fused-ring (bicyclic) bond motifs is 1. The minimum absolute atomic E-state index is 0.318. The van der Waals surface area contributed by atoms with Gasteiger partial charge in [-0.25, -0.2) is 0 Å². The Morgan fingerprint density at radius 3 is 2.14 bits per heavy atom. The number of hydrogen-bond acceptors (Lipinski definition) is 4. The van der Waals surface area contributed by atoms with E-state index in [-0.39, 0.29) is 6.42 Å². The molecular formula is C20H23O8P. The molecule has 0 fully saturated rings. The number of benzene rings is 2. The Bertz CT molecular complexity index is 970. The van der Waals surface area contributed by atoms with E-state index in [9.17, 15) is 34.1 Å². The molecule has 0 heterocycles. The second-order valence-corrected chi connectivity index (χ2v) is 9.52. The van der Waals surface area contributed by atoms with Gasteiger partial charge in [0.25, 0.3) is 0 Å². The molecule has 0 aliphatic heterocycles. The van der Waals surface area contributed by atoms with Crippen LogP contribution < -0.4 is 0 Å². The predicted molar refractivity (Wildman–Crippen MR) is 106 cm³/mol. The van der Waals surface area contributed by atoms with Gasteiger partial charge in [-0.05, 0) is 22.8 Å². The van der Waals surface area contributed by atoms with Crippen LogP contribution in [0.4, 0.5) is 0 Å². The van der Waals surface area contributed by atoms with Gasteiger partial charge in [-0.15, -0.1) is 0 Å². The van der Waals surface area contributed by atoms with E-state index in [1.54, 1.807) is 30.3 Å². The summed E-state index contributed by atoms with van der Waals surface area (Å²) in [6.45, 7) is 1.30. The maximum atomic E-state index is 13.2. The molecule has 0 aromatic heterocycles. The fraction of sp³-hybridized carbons (Fsp3) is 0.350. The number of aliphatic carboxylic acids is 3. The second kappa shape index (κ2) is 9.20. The summed E-state index contributed by atoms with van der Waals surface area (Å²) in [7, 11) is -4.34. The van der Waals surface area contributed by atoms with E-state index in [1.165, 1.54) is 6.92 Å². The normalized spacial score (nSPS) is 16.5. The van der Waals surface area contributed by atoms with Gasteiger partial charge in [0.2, 0.25) is 7.37 Å². The van der Waals surface area contributed by atoms with Crippen molar-refractivity contribution in [3.8, 4) is 0 Å². The number of carboxylic acids is 3. The third kappa shape index (κ3) is 5.65. The van der Waals surface area contributed by atoms with E-state index in [1.807, 2.05) is 12.1 Å². The Kier molecular flexibility index (Phi) is 7.16. The minimum atomic E-state index is -4.34. The highest BCUT2D eigenvalue weighted by molar-refractivity contribution is 7.58. The molecule has 4 unspecified atom stereocenters. The lowest BCUT2D eigenvalue weighted by Crippen LogP contribution is -2.25. The van der Waals surface area contributed by atoms with Crippen LogP contribution in [0.25, 0.3) is 10.8 Å². The zero-order valence-corrected chi connectivity index (χ0v) is 16.7. The molecule has 0 aliphatic rings. The third-order valence-electron chi connectivity index (χ3n) is 4.95. The molecule has 0 saturated carbocycles. The van der Waals surface area contributed by atoms with Crippen LogP contribution in [-0.4, -0.2) is 44.3 Å². The van der Waals surface area contributed by atoms with Gasteiger partial charge in [-0.2, -0.15) is 0 Å². The molecule has 4 atom stereocenters. The first-order valence-electron chi connectivity index (χ1n) is 9.00. The summed E-state index contributed by atoms with van der Waals surface area (Å²) >= 11 is 0. The molecule has 0 radical (unpaired) electrons. The fourth-order valence-corrected chi connectivity index (χ4v) is 6.07. The lowest BCUT2D eigenvalue weighted by Gasteiger charge is -2.28. The molecule has 29 heavy (non-hydrogen) atoms. The van der Waals surface area contributed by atoms with Gasteiger partial charge >= 0.3 is 17.9 Å². The quantitative estimate of drug-likeness (QED) is 0.425. The largest absolute Gasteiger partial charge is 0.481 e. The molecule has 0 aliphatic carbocycles. The van der Waals surface area contributed by atoms with Crippen molar-refractivity contribution in [2.75, 3.05) is 6.16 Å². The molecule has 2 aromatic carbocycles. The number of carboxylic acid groups (broad SMARTS) is 3. The van der Waals surface area contributed by atoms with Crippen molar-refractivity contribution in [2.24, 2.45) is 11.8 Å². The van der Waals surface area contributed by atoms with Crippen LogP contribution in [0.1, 0.15) is 31.0 Å². The molecule has 9 heteroatoms. The zero-order valence-electron chi connectivity index (χ0n) is 15.8. The Labute approximate surface area is 167 Å².